The third-order valence-electron chi connectivity index (χ3n) is 2.15. The summed E-state index contributed by atoms with van der Waals surface area (Å²) in [4.78, 5) is 1.68. The van der Waals surface area contributed by atoms with E-state index in [1.165, 1.54) is 0 Å². The van der Waals surface area contributed by atoms with E-state index in [0.29, 0.717) is 6.42 Å². The van der Waals surface area contributed by atoms with E-state index in [-0.39, 0.29) is 6.54 Å². The summed E-state index contributed by atoms with van der Waals surface area (Å²) in [6, 6.07) is 0. The highest BCUT2D eigenvalue weighted by molar-refractivity contribution is 4.82. The first-order valence-electron chi connectivity index (χ1n) is 3.59. The number of rotatable bonds is 0. The second-order valence-corrected chi connectivity index (χ2v) is 3.19. The minimum atomic E-state index is -2.47. The van der Waals surface area contributed by atoms with Crippen molar-refractivity contribution in [2.75, 3.05) is 20.1 Å². The summed E-state index contributed by atoms with van der Waals surface area (Å²) in [6.45, 7) is 2.35. The van der Waals surface area contributed by atoms with Crippen LogP contribution in [0.5, 0.6) is 0 Å². The zero-order valence-corrected chi connectivity index (χ0v) is 6.40. The van der Waals surface area contributed by atoms with Gasteiger partial charge in [-0.3, -0.25) is 0 Å². The predicted octanol–water partition coefficient (Wildman–Crippen LogP) is 1.59. The van der Waals surface area contributed by atoms with Crippen molar-refractivity contribution in [2.24, 2.45) is 5.92 Å². The molecule has 0 spiro atoms. The summed E-state index contributed by atoms with van der Waals surface area (Å²) in [6.07, 6.45) is 0.615. The number of likely N-dealkylation sites (tertiary alicyclic amines) is 1. The molecule has 1 saturated heterocycles. The van der Waals surface area contributed by atoms with Crippen molar-refractivity contribution in [3.05, 3.63) is 0 Å². The van der Waals surface area contributed by atoms with Crippen LogP contribution in [0.15, 0.2) is 0 Å². The zero-order valence-electron chi connectivity index (χ0n) is 6.40. The fourth-order valence-corrected chi connectivity index (χ4v) is 1.22. The maximum atomic E-state index is 12.8. The number of nitrogens with zero attached hydrogens (tertiary/aromatic N) is 1. The topological polar surface area (TPSA) is 3.24 Å². The van der Waals surface area contributed by atoms with Gasteiger partial charge >= 0.3 is 0 Å². The highest BCUT2D eigenvalue weighted by Gasteiger charge is 2.40. The SMILES string of the molecule is C[C@@H]1CCN(C)CC1(F)F. The van der Waals surface area contributed by atoms with Crippen LogP contribution in [0.25, 0.3) is 0 Å². The molecule has 10 heavy (non-hydrogen) atoms. The lowest BCUT2D eigenvalue weighted by Gasteiger charge is -2.34. The Kier molecular flexibility index (Phi) is 1.95. The predicted molar refractivity (Wildman–Crippen MR) is 36.2 cm³/mol. The molecule has 0 unspecified atom stereocenters. The van der Waals surface area contributed by atoms with Gasteiger partial charge in [0.05, 0.1) is 6.54 Å². The van der Waals surface area contributed by atoms with E-state index in [9.17, 15) is 8.78 Å². The minimum absolute atomic E-state index is 0.0752. The van der Waals surface area contributed by atoms with Crippen LogP contribution in [-0.4, -0.2) is 31.0 Å². The van der Waals surface area contributed by atoms with Crippen LogP contribution in [0.2, 0.25) is 0 Å². The van der Waals surface area contributed by atoms with Gasteiger partial charge in [-0.15, -0.1) is 0 Å². The summed E-state index contributed by atoms with van der Waals surface area (Å²) < 4.78 is 25.6. The average Bonchev–Trinajstić information content (AvgIpc) is 1.78. The molecule has 0 radical (unpaired) electrons. The third kappa shape index (κ3) is 1.45. The molecule has 1 aliphatic heterocycles. The smallest absolute Gasteiger partial charge is 0.263 e. The van der Waals surface area contributed by atoms with E-state index in [0.717, 1.165) is 6.54 Å². The van der Waals surface area contributed by atoms with Crippen molar-refractivity contribution >= 4 is 0 Å². The number of hydrogen-bond acceptors (Lipinski definition) is 1. The van der Waals surface area contributed by atoms with E-state index < -0.39 is 11.8 Å². The monoisotopic (exact) mass is 149 g/mol. The van der Waals surface area contributed by atoms with Gasteiger partial charge in [-0.25, -0.2) is 8.78 Å². The van der Waals surface area contributed by atoms with Crippen LogP contribution in [0.4, 0.5) is 8.78 Å². The summed E-state index contributed by atoms with van der Waals surface area (Å²) in [5, 5.41) is 0. The molecule has 0 aromatic carbocycles. The van der Waals surface area contributed by atoms with Gasteiger partial charge in [0, 0.05) is 5.92 Å². The molecule has 0 saturated carbocycles. The van der Waals surface area contributed by atoms with E-state index in [4.69, 9.17) is 0 Å². The molecule has 1 aliphatic rings. The van der Waals surface area contributed by atoms with Crippen molar-refractivity contribution in [3.8, 4) is 0 Å². The van der Waals surface area contributed by atoms with Crippen LogP contribution in [0.3, 0.4) is 0 Å². The van der Waals surface area contributed by atoms with Crippen molar-refractivity contribution in [3.63, 3.8) is 0 Å². The molecule has 1 heterocycles. The fourth-order valence-electron chi connectivity index (χ4n) is 1.22. The van der Waals surface area contributed by atoms with Crippen LogP contribution in [-0.2, 0) is 0 Å². The first-order chi connectivity index (χ1) is 4.52. The second kappa shape index (κ2) is 2.46. The first kappa shape index (κ1) is 7.92. The number of alkyl halides is 2. The molecule has 0 N–H and O–H groups in total. The molecule has 3 heteroatoms. The molecule has 1 nitrogen and oxygen atoms in total. The van der Waals surface area contributed by atoms with Gasteiger partial charge in [0.25, 0.3) is 5.92 Å². The van der Waals surface area contributed by atoms with E-state index in [1.54, 1.807) is 18.9 Å². The first-order valence-corrected chi connectivity index (χ1v) is 3.59. The number of piperidine rings is 1. The second-order valence-electron chi connectivity index (χ2n) is 3.19. The van der Waals surface area contributed by atoms with Crippen molar-refractivity contribution < 1.29 is 8.78 Å². The summed E-state index contributed by atoms with van der Waals surface area (Å²) in [5.41, 5.74) is 0. The average molecular weight is 149 g/mol. The van der Waals surface area contributed by atoms with Gasteiger partial charge in [0.2, 0.25) is 0 Å². The standard InChI is InChI=1S/C7H13F2N/c1-6-3-4-10(2)5-7(6,8)9/h6H,3-5H2,1-2H3/t6-/m1/s1. The van der Waals surface area contributed by atoms with Gasteiger partial charge in [-0.05, 0) is 20.0 Å². The molecule has 1 atom stereocenters. The van der Waals surface area contributed by atoms with Gasteiger partial charge in [-0.2, -0.15) is 0 Å². The Morgan fingerprint density at radius 1 is 1.50 bits per heavy atom. The van der Waals surface area contributed by atoms with Crippen LogP contribution < -0.4 is 0 Å². The minimum Gasteiger partial charge on any atom is -0.301 e. The normalized spacial score (nSPS) is 34.2. The quantitative estimate of drug-likeness (QED) is 0.505. The maximum absolute atomic E-state index is 12.8. The summed E-state index contributed by atoms with van der Waals surface area (Å²) >= 11 is 0. The molecule has 60 valence electrons. The molecule has 0 amide bonds. The molecule has 1 fully saturated rings. The third-order valence-corrected chi connectivity index (χ3v) is 2.15. The van der Waals surface area contributed by atoms with Gasteiger partial charge in [0.1, 0.15) is 0 Å². The van der Waals surface area contributed by atoms with Crippen molar-refractivity contribution in [1.29, 1.82) is 0 Å². The molecule has 0 bridgehead atoms. The van der Waals surface area contributed by atoms with Gasteiger partial charge in [0.15, 0.2) is 0 Å². The molecule has 0 aromatic heterocycles. The maximum Gasteiger partial charge on any atom is 0.263 e. The van der Waals surface area contributed by atoms with Crippen LogP contribution >= 0.6 is 0 Å². The van der Waals surface area contributed by atoms with Crippen LogP contribution in [0, 0.1) is 5.92 Å². The highest BCUT2D eigenvalue weighted by Crippen LogP contribution is 2.31. The Labute approximate surface area is 60.0 Å². The molecular formula is C7H13F2N. The lowest BCUT2D eigenvalue weighted by Crippen LogP contribution is -2.45. The molecule has 0 aliphatic carbocycles. The lowest BCUT2D eigenvalue weighted by molar-refractivity contribution is -0.0985. The highest BCUT2D eigenvalue weighted by atomic mass is 19.3. The number of hydrogen-bond donors (Lipinski definition) is 0. The van der Waals surface area contributed by atoms with E-state index in [2.05, 4.69) is 0 Å². The summed E-state index contributed by atoms with van der Waals surface area (Å²) in [7, 11) is 1.74. The van der Waals surface area contributed by atoms with Crippen molar-refractivity contribution in [2.45, 2.75) is 19.3 Å². The molecule has 1 rings (SSSR count). The van der Waals surface area contributed by atoms with Crippen LogP contribution in [0.1, 0.15) is 13.3 Å². The molecule has 0 aromatic rings. The Morgan fingerprint density at radius 3 is 2.50 bits per heavy atom. The van der Waals surface area contributed by atoms with Crippen molar-refractivity contribution in [1.82, 2.24) is 4.90 Å². The Balaban J connectivity index is 2.55. The van der Waals surface area contributed by atoms with E-state index in [1.807, 2.05) is 0 Å². The van der Waals surface area contributed by atoms with E-state index >= 15 is 0 Å². The Bertz CT molecular complexity index is 125. The summed E-state index contributed by atoms with van der Waals surface area (Å²) in [5.74, 6) is -2.91. The zero-order chi connectivity index (χ0) is 7.78. The fraction of sp³-hybridized carbons (Fsp3) is 1.00. The number of halogens is 2. The van der Waals surface area contributed by atoms with Gasteiger partial charge < -0.3 is 4.90 Å². The lowest BCUT2D eigenvalue weighted by atomic mass is 9.95. The Morgan fingerprint density at radius 2 is 2.10 bits per heavy atom. The Hall–Kier alpha value is -0.180. The largest absolute Gasteiger partial charge is 0.301 e. The van der Waals surface area contributed by atoms with Gasteiger partial charge in [-0.1, -0.05) is 6.92 Å². The molecular weight excluding hydrogens is 136 g/mol.